The molecule has 2 unspecified atom stereocenters. The average molecular weight is 327 g/mol. The molecule has 0 spiro atoms. The highest BCUT2D eigenvalue weighted by Crippen LogP contribution is 2.17. The Morgan fingerprint density at radius 1 is 1.13 bits per heavy atom. The fraction of sp³-hybridized carbons (Fsp3) is 0.882. The summed E-state index contributed by atoms with van der Waals surface area (Å²) < 4.78 is 0. The molecule has 0 aromatic carbocycles. The van der Waals surface area contributed by atoms with Crippen LogP contribution in [0.25, 0.3) is 0 Å². The summed E-state index contributed by atoms with van der Waals surface area (Å²) in [6, 6.07) is 0.140. The predicted molar refractivity (Wildman–Crippen MR) is 91.5 cm³/mol. The summed E-state index contributed by atoms with van der Waals surface area (Å²) in [5.74, 6) is -0.969. The van der Waals surface area contributed by atoms with Gasteiger partial charge in [0.05, 0.1) is 5.92 Å². The Kier molecular flexibility index (Phi) is 8.37. The van der Waals surface area contributed by atoms with E-state index < -0.39 is 11.9 Å². The lowest BCUT2D eigenvalue weighted by molar-refractivity contribution is -0.141. The van der Waals surface area contributed by atoms with E-state index in [0.29, 0.717) is 18.5 Å². The molecule has 0 aromatic heterocycles. The van der Waals surface area contributed by atoms with Crippen molar-refractivity contribution >= 4 is 12.0 Å². The summed E-state index contributed by atoms with van der Waals surface area (Å²) in [6.07, 6.45) is 5.05. The quantitative estimate of drug-likeness (QED) is 0.752. The van der Waals surface area contributed by atoms with Crippen molar-refractivity contribution in [3.05, 3.63) is 0 Å². The van der Waals surface area contributed by atoms with Gasteiger partial charge in [0.15, 0.2) is 0 Å². The van der Waals surface area contributed by atoms with Crippen LogP contribution in [0.15, 0.2) is 0 Å². The minimum atomic E-state index is -0.880. The van der Waals surface area contributed by atoms with Crippen LogP contribution in [0.5, 0.6) is 0 Å². The van der Waals surface area contributed by atoms with Crippen LogP contribution < -0.4 is 5.32 Å². The number of carboxylic acids is 1. The monoisotopic (exact) mass is 327 g/mol. The van der Waals surface area contributed by atoms with Crippen molar-refractivity contribution in [2.75, 3.05) is 33.2 Å². The summed E-state index contributed by atoms with van der Waals surface area (Å²) in [5.41, 5.74) is 0. The Hall–Kier alpha value is -1.30. The second kappa shape index (κ2) is 9.75. The highest BCUT2D eigenvalue weighted by atomic mass is 16.4. The van der Waals surface area contributed by atoms with Gasteiger partial charge in [-0.15, -0.1) is 0 Å². The molecule has 1 aliphatic heterocycles. The van der Waals surface area contributed by atoms with Gasteiger partial charge in [-0.2, -0.15) is 0 Å². The number of rotatable bonds is 7. The summed E-state index contributed by atoms with van der Waals surface area (Å²) in [4.78, 5) is 27.0. The third-order valence-electron chi connectivity index (χ3n) is 4.66. The summed E-state index contributed by atoms with van der Waals surface area (Å²) in [5, 5.41) is 11.9. The van der Waals surface area contributed by atoms with Crippen LogP contribution in [0, 0.1) is 11.8 Å². The molecule has 0 saturated carbocycles. The molecule has 1 saturated heterocycles. The third-order valence-corrected chi connectivity index (χ3v) is 4.66. The van der Waals surface area contributed by atoms with Crippen LogP contribution in [0.4, 0.5) is 4.79 Å². The molecule has 1 heterocycles. The van der Waals surface area contributed by atoms with Crippen molar-refractivity contribution in [3.63, 3.8) is 0 Å². The number of carbonyl (C=O) groups is 2. The van der Waals surface area contributed by atoms with Gasteiger partial charge in [-0.3, -0.25) is 9.69 Å². The van der Waals surface area contributed by atoms with Gasteiger partial charge in [0.25, 0.3) is 0 Å². The molecule has 0 aliphatic carbocycles. The van der Waals surface area contributed by atoms with E-state index in [0.717, 1.165) is 13.1 Å². The molecule has 23 heavy (non-hydrogen) atoms. The minimum Gasteiger partial charge on any atom is -0.481 e. The fourth-order valence-corrected chi connectivity index (χ4v) is 3.11. The number of carbonyl (C=O) groups excluding carboxylic acids is 1. The maximum absolute atomic E-state index is 12.2. The predicted octanol–water partition coefficient (Wildman–Crippen LogP) is 2.25. The zero-order valence-electron chi connectivity index (χ0n) is 15.0. The highest BCUT2D eigenvalue weighted by Gasteiger charge is 2.24. The van der Waals surface area contributed by atoms with Gasteiger partial charge in [0.1, 0.15) is 0 Å². The minimum absolute atomic E-state index is 0.196. The second-order valence-corrected chi connectivity index (χ2v) is 7.07. The lowest BCUT2D eigenvalue weighted by Crippen LogP contribution is -2.50. The molecule has 6 nitrogen and oxygen atoms in total. The van der Waals surface area contributed by atoms with Gasteiger partial charge in [-0.1, -0.05) is 33.6 Å². The van der Waals surface area contributed by atoms with E-state index >= 15 is 0 Å². The van der Waals surface area contributed by atoms with Crippen molar-refractivity contribution in [1.29, 1.82) is 0 Å². The van der Waals surface area contributed by atoms with E-state index in [1.165, 1.54) is 30.6 Å². The number of hydrogen-bond acceptors (Lipinski definition) is 3. The first-order chi connectivity index (χ1) is 10.8. The Balaban J connectivity index is 2.50. The molecular weight excluding hydrogens is 294 g/mol. The van der Waals surface area contributed by atoms with Crippen LogP contribution in [-0.4, -0.2) is 66.2 Å². The number of aliphatic carboxylic acids is 1. The Bertz CT molecular complexity index is 379. The molecule has 1 aliphatic rings. The molecule has 134 valence electrons. The number of nitrogens with zero attached hydrogens (tertiary/aromatic N) is 2. The zero-order valence-corrected chi connectivity index (χ0v) is 15.0. The average Bonchev–Trinajstić information content (AvgIpc) is 2.75. The van der Waals surface area contributed by atoms with E-state index in [1.54, 1.807) is 14.0 Å². The van der Waals surface area contributed by atoms with E-state index in [1.807, 2.05) is 0 Å². The first kappa shape index (κ1) is 19.7. The van der Waals surface area contributed by atoms with Crippen molar-refractivity contribution in [2.45, 2.75) is 52.5 Å². The van der Waals surface area contributed by atoms with Crippen LogP contribution in [0.3, 0.4) is 0 Å². The molecule has 6 heteroatoms. The van der Waals surface area contributed by atoms with E-state index in [9.17, 15) is 9.59 Å². The molecule has 0 bridgehead atoms. The van der Waals surface area contributed by atoms with Crippen LogP contribution in [0.2, 0.25) is 0 Å². The first-order valence-electron chi connectivity index (χ1n) is 8.78. The SMILES string of the molecule is CC(CN(C)C(=O)NCC(C(C)C)N1CCCCCC1)C(=O)O. The van der Waals surface area contributed by atoms with Gasteiger partial charge in [-0.05, 0) is 31.8 Å². The largest absolute Gasteiger partial charge is 0.481 e. The maximum atomic E-state index is 12.2. The topological polar surface area (TPSA) is 72.9 Å². The van der Waals surface area contributed by atoms with Crippen LogP contribution in [0.1, 0.15) is 46.5 Å². The number of amides is 2. The second-order valence-electron chi connectivity index (χ2n) is 7.07. The summed E-state index contributed by atoms with van der Waals surface area (Å²) >= 11 is 0. The lowest BCUT2D eigenvalue weighted by Gasteiger charge is -2.34. The van der Waals surface area contributed by atoms with Gasteiger partial charge in [0.2, 0.25) is 0 Å². The Morgan fingerprint density at radius 3 is 2.17 bits per heavy atom. The smallest absolute Gasteiger partial charge is 0.317 e. The number of likely N-dealkylation sites (tertiary alicyclic amines) is 1. The standard InChI is InChI=1S/C17H33N3O3/c1-13(2)15(20-9-7-5-6-8-10-20)11-18-17(23)19(4)12-14(3)16(21)22/h13-15H,5-12H2,1-4H3,(H,18,23)(H,21,22). The van der Waals surface area contributed by atoms with Gasteiger partial charge in [-0.25, -0.2) is 4.79 Å². The summed E-state index contributed by atoms with van der Waals surface area (Å²) in [7, 11) is 1.64. The fourth-order valence-electron chi connectivity index (χ4n) is 3.11. The van der Waals surface area contributed by atoms with Crippen LogP contribution in [-0.2, 0) is 4.79 Å². The zero-order chi connectivity index (χ0) is 17.4. The number of urea groups is 1. The van der Waals surface area contributed by atoms with Gasteiger partial charge in [0, 0.05) is 26.2 Å². The van der Waals surface area contributed by atoms with Crippen molar-refractivity contribution in [1.82, 2.24) is 15.1 Å². The molecule has 1 fully saturated rings. The molecule has 2 amide bonds. The van der Waals surface area contributed by atoms with Gasteiger partial charge < -0.3 is 15.3 Å². The van der Waals surface area contributed by atoms with Crippen molar-refractivity contribution < 1.29 is 14.7 Å². The normalized spacial score (nSPS) is 19.0. The van der Waals surface area contributed by atoms with E-state index in [4.69, 9.17) is 5.11 Å². The van der Waals surface area contributed by atoms with Gasteiger partial charge >= 0.3 is 12.0 Å². The van der Waals surface area contributed by atoms with Crippen molar-refractivity contribution in [2.24, 2.45) is 11.8 Å². The van der Waals surface area contributed by atoms with Crippen LogP contribution >= 0.6 is 0 Å². The van der Waals surface area contributed by atoms with E-state index in [-0.39, 0.29) is 12.6 Å². The lowest BCUT2D eigenvalue weighted by atomic mass is 10.0. The number of carboxylic acid groups (broad SMARTS) is 1. The third kappa shape index (κ3) is 6.77. The first-order valence-corrected chi connectivity index (χ1v) is 8.78. The molecule has 2 atom stereocenters. The van der Waals surface area contributed by atoms with E-state index in [2.05, 4.69) is 24.1 Å². The molecule has 1 rings (SSSR count). The van der Waals surface area contributed by atoms with Crippen molar-refractivity contribution in [3.8, 4) is 0 Å². The Labute approximate surface area is 140 Å². The Morgan fingerprint density at radius 2 is 1.70 bits per heavy atom. The molecule has 2 N–H and O–H groups in total. The molecule has 0 aromatic rings. The summed E-state index contributed by atoms with van der Waals surface area (Å²) in [6.45, 7) is 9.03. The molecule has 0 radical (unpaired) electrons. The maximum Gasteiger partial charge on any atom is 0.317 e. The number of hydrogen-bond donors (Lipinski definition) is 2. The highest BCUT2D eigenvalue weighted by molar-refractivity contribution is 5.75. The molecular formula is C17H33N3O3. The number of nitrogens with one attached hydrogen (secondary N) is 1.